The Morgan fingerprint density at radius 3 is 2.33 bits per heavy atom. The molecular weight excluding hydrogens is 150 g/mol. The summed E-state index contributed by atoms with van der Waals surface area (Å²) in [6, 6.07) is 0. The van der Waals surface area contributed by atoms with Crippen molar-refractivity contribution in [2.24, 2.45) is 5.92 Å². The molecule has 0 rings (SSSR count). The first-order valence-electron chi connectivity index (χ1n) is 4.94. The Labute approximate surface area is 76.7 Å². The summed E-state index contributed by atoms with van der Waals surface area (Å²) in [7, 11) is 1.98. The number of hydrogen-bond donors (Lipinski definition) is 1. The standard InChI is InChI=1S/C10H23NO/c1-9(2)10(3)12-8-6-5-7-11-4/h9-11H,5-8H2,1-4H3. The minimum absolute atomic E-state index is 0.402. The topological polar surface area (TPSA) is 21.3 Å². The van der Waals surface area contributed by atoms with Gasteiger partial charge in [0.2, 0.25) is 0 Å². The van der Waals surface area contributed by atoms with Gasteiger partial charge in [-0.25, -0.2) is 0 Å². The Kier molecular flexibility index (Phi) is 7.51. The first-order chi connectivity index (χ1) is 5.68. The maximum Gasteiger partial charge on any atom is 0.0569 e. The highest BCUT2D eigenvalue weighted by Crippen LogP contribution is 2.05. The highest BCUT2D eigenvalue weighted by atomic mass is 16.5. The van der Waals surface area contributed by atoms with E-state index in [0.717, 1.165) is 19.6 Å². The molecule has 2 nitrogen and oxygen atoms in total. The van der Waals surface area contributed by atoms with Gasteiger partial charge < -0.3 is 10.1 Å². The molecule has 0 spiro atoms. The maximum atomic E-state index is 5.62. The number of rotatable bonds is 7. The third kappa shape index (κ3) is 6.62. The zero-order valence-corrected chi connectivity index (χ0v) is 8.89. The van der Waals surface area contributed by atoms with E-state index in [1.807, 2.05) is 7.05 Å². The molecule has 2 heteroatoms. The summed E-state index contributed by atoms with van der Waals surface area (Å²) in [6.07, 6.45) is 2.78. The minimum Gasteiger partial charge on any atom is -0.378 e. The molecule has 0 aromatic heterocycles. The van der Waals surface area contributed by atoms with Gasteiger partial charge in [0, 0.05) is 6.61 Å². The van der Waals surface area contributed by atoms with E-state index in [0.29, 0.717) is 12.0 Å². The number of nitrogens with one attached hydrogen (secondary N) is 1. The molecule has 0 fully saturated rings. The molecule has 0 aliphatic carbocycles. The second-order valence-corrected chi connectivity index (χ2v) is 3.63. The lowest BCUT2D eigenvalue weighted by molar-refractivity contribution is 0.0335. The van der Waals surface area contributed by atoms with Gasteiger partial charge in [-0.1, -0.05) is 13.8 Å². The van der Waals surface area contributed by atoms with Crippen molar-refractivity contribution in [2.75, 3.05) is 20.2 Å². The summed E-state index contributed by atoms with van der Waals surface area (Å²) < 4.78 is 5.62. The van der Waals surface area contributed by atoms with Crippen molar-refractivity contribution in [3.63, 3.8) is 0 Å². The Morgan fingerprint density at radius 2 is 1.83 bits per heavy atom. The van der Waals surface area contributed by atoms with Gasteiger partial charge in [0.25, 0.3) is 0 Å². The molecule has 0 aliphatic heterocycles. The van der Waals surface area contributed by atoms with Crippen molar-refractivity contribution in [1.82, 2.24) is 5.32 Å². The molecule has 74 valence electrons. The second-order valence-electron chi connectivity index (χ2n) is 3.63. The Morgan fingerprint density at radius 1 is 1.17 bits per heavy atom. The molecule has 0 saturated carbocycles. The van der Waals surface area contributed by atoms with E-state index in [9.17, 15) is 0 Å². The molecule has 1 unspecified atom stereocenters. The van der Waals surface area contributed by atoms with Gasteiger partial charge in [0.05, 0.1) is 6.10 Å². The lowest BCUT2D eigenvalue weighted by atomic mass is 10.1. The van der Waals surface area contributed by atoms with Gasteiger partial charge in [-0.3, -0.25) is 0 Å². The van der Waals surface area contributed by atoms with Crippen LogP contribution >= 0.6 is 0 Å². The number of ether oxygens (including phenoxy) is 1. The van der Waals surface area contributed by atoms with Gasteiger partial charge in [-0.2, -0.15) is 0 Å². The van der Waals surface area contributed by atoms with E-state index >= 15 is 0 Å². The predicted octanol–water partition coefficient (Wildman–Crippen LogP) is 2.05. The van der Waals surface area contributed by atoms with Crippen LogP contribution in [0, 0.1) is 5.92 Å². The molecule has 1 atom stereocenters. The molecule has 0 heterocycles. The van der Waals surface area contributed by atoms with Crippen molar-refractivity contribution in [2.45, 2.75) is 39.7 Å². The second kappa shape index (κ2) is 7.56. The number of hydrogen-bond acceptors (Lipinski definition) is 2. The van der Waals surface area contributed by atoms with Gasteiger partial charge >= 0.3 is 0 Å². The quantitative estimate of drug-likeness (QED) is 0.595. The fourth-order valence-corrected chi connectivity index (χ4v) is 0.866. The molecule has 0 radical (unpaired) electrons. The van der Waals surface area contributed by atoms with Gasteiger partial charge in [-0.15, -0.1) is 0 Å². The summed E-state index contributed by atoms with van der Waals surface area (Å²) >= 11 is 0. The molecule has 0 bridgehead atoms. The molecule has 1 N–H and O–H groups in total. The van der Waals surface area contributed by atoms with Crippen molar-refractivity contribution < 1.29 is 4.74 Å². The lowest BCUT2D eigenvalue weighted by Gasteiger charge is -2.16. The first kappa shape index (κ1) is 11.9. The Bertz CT molecular complexity index is 93.8. The Hall–Kier alpha value is -0.0800. The van der Waals surface area contributed by atoms with Crippen LogP contribution in [0.4, 0.5) is 0 Å². The van der Waals surface area contributed by atoms with Crippen molar-refractivity contribution in [1.29, 1.82) is 0 Å². The average molecular weight is 173 g/mol. The monoisotopic (exact) mass is 173 g/mol. The van der Waals surface area contributed by atoms with Crippen LogP contribution in [0.25, 0.3) is 0 Å². The van der Waals surface area contributed by atoms with E-state index < -0.39 is 0 Å². The van der Waals surface area contributed by atoms with Crippen LogP contribution in [0.2, 0.25) is 0 Å². The maximum absolute atomic E-state index is 5.62. The fraction of sp³-hybridized carbons (Fsp3) is 1.00. The highest BCUT2D eigenvalue weighted by molar-refractivity contribution is 4.54. The molecule has 12 heavy (non-hydrogen) atoms. The Balaban J connectivity index is 3.08. The van der Waals surface area contributed by atoms with E-state index in [1.54, 1.807) is 0 Å². The molecule has 0 aliphatic rings. The van der Waals surface area contributed by atoms with Gasteiger partial charge in [-0.05, 0) is 39.3 Å². The highest BCUT2D eigenvalue weighted by Gasteiger charge is 2.05. The van der Waals surface area contributed by atoms with Crippen LogP contribution in [0.3, 0.4) is 0 Å². The molecule has 0 aromatic carbocycles. The van der Waals surface area contributed by atoms with Crippen LogP contribution in [0.1, 0.15) is 33.6 Å². The van der Waals surface area contributed by atoms with Crippen LogP contribution in [0.5, 0.6) is 0 Å². The van der Waals surface area contributed by atoms with Crippen molar-refractivity contribution >= 4 is 0 Å². The third-order valence-corrected chi connectivity index (χ3v) is 2.14. The van der Waals surface area contributed by atoms with Crippen molar-refractivity contribution in [3.8, 4) is 0 Å². The molecule has 0 aromatic rings. The van der Waals surface area contributed by atoms with Crippen LogP contribution in [-0.4, -0.2) is 26.3 Å². The van der Waals surface area contributed by atoms with Crippen molar-refractivity contribution in [3.05, 3.63) is 0 Å². The van der Waals surface area contributed by atoms with E-state index in [1.165, 1.54) is 6.42 Å². The van der Waals surface area contributed by atoms with E-state index in [2.05, 4.69) is 26.1 Å². The molecule has 0 amide bonds. The normalized spacial score (nSPS) is 13.8. The first-order valence-corrected chi connectivity index (χ1v) is 4.94. The molecule has 0 saturated heterocycles. The van der Waals surface area contributed by atoms with Crippen LogP contribution < -0.4 is 5.32 Å². The zero-order valence-electron chi connectivity index (χ0n) is 8.89. The summed E-state index contributed by atoms with van der Waals surface area (Å²) in [4.78, 5) is 0. The summed E-state index contributed by atoms with van der Waals surface area (Å²) in [5.41, 5.74) is 0. The van der Waals surface area contributed by atoms with E-state index in [4.69, 9.17) is 4.74 Å². The largest absolute Gasteiger partial charge is 0.378 e. The SMILES string of the molecule is CNCCCCOC(C)C(C)C. The van der Waals surface area contributed by atoms with Crippen LogP contribution in [0.15, 0.2) is 0 Å². The summed E-state index contributed by atoms with van der Waals surface area (Å²) in [5.74, 6) is 0.634. The number of unbranched alkanes of at least 4 members (excludes halogenated alkanes) is 1. The van der Waals surface area contributed by atoms with Crippen LogP contribution in [-0.2, 0) is 4.74 Å². The van der Waals surface area contributed by atoms with Gasteiger partial charge in [0.15, 0.2) is 0 Å². The zero-order chi connectivity index (χ0) is 9.40. The minimum atomic E-state index is 0.402. The van der Waals surface area contributed by atoms with Gasteiger partial charge in [0.1, 0.15) is 0 Å². The summed E-state index contributed by atoms with van der Waals surface area (Å²) in [5, 5.41) is 3.12. The molecular formula is C10H23NO. The smallest absolute Gasteiger partial charge is 0.0569 e. The van der Waals surface area contributed by atoms with E-state index in [-0.39, 0.29) is 0 Å². The average Bonchev–Trinajstić information content (AvgIpc) is 2.03. The predicted molar refractivity (Wildman–Crippen MR) is 53.4 cm³/mol. The third-order valence-electron chi connectivity index (χ3n) is 2.14. The fourth-order valence-electron chi connectivity index (χ4n) is 0.866. The summed E-state index contributed by atoms with van der Waals surface area (Å²) in [6.45, 7) is 8.53. The lowest BCUT2D eigenvalue weighted by Crippen LogP contribution is -2.16.